The summed E-state index contributed by atoms with van der Waals surface area (Å²) in [6.07, 6.45) is 4.90. The Kier molecular flexibility index (Phi) is 5.27. The summed E-state index contributed by atoms with van der Waals surface area (Å²) in [6.45, 7) is 0. The van der Waals surface area contributed by atoms with Crippen LogP contribution in [0.5, 0.6) is 0 Å². The summed E-state index contributed by atoms with van der Waals surface area (Å²) in [6, 6.07) is 17.4. The van der Waals surface area contributed by atoms with E-state index in [1.807, 2.05) is 36.4 Å². The molecule has 0 fully saturated rings. The normalized spacial score (nSPS) is 17.0. The van der Waals surface area contributed by atoms with Gasteiger partial charge in [0.2, 0.25) is 5.17 Å². The molecule has 2 aromatic heterocycles. The van der Waals surface area contributed by atoms with Gasteiger partial charge in [-0.1, -0.05) is 42.1 Å². The van der Waals surface area contributed by atoms with Gasteiger partial charge in [0.15, 0.2) is 10.9 Å². The van der Waals surface area contributed by atoms with E-state index in [1.54, 1.807) is 36.3 Å². The monoisotopic (exact) mass is 445 g/mol. The lowest BCUT2D eigenvalue weighted by Gasteiger charge is -2.19. The van der Waals surface area contributed by atoms with Crippen LogP contribution < -0.4 is 0 Å². The minimum absolute atomic E-state index is 0.0312. The van der Waals surface area contributed by atoms with Gasteiger partial charge in [-0.05, 0) is 47.7 Å². The van der Waals surface area contributed by atoms with Crippen molar-refractivity contribution in [3.63, 3.8) is 0 Å². The number of furan rings is 1. The lowest BCUT2D eigenvalue weighted by Crippen LogP contribution is -2.35. The number of carbonyl (C=O) groups excluding carboxylic acids is 1. The number of fused-ring (bicyclic) bond motifs is 1. The van der Waals surface area contributed by atoms with E-state index < -0.39 is 5.91 Å². The molecule has 4 heterocycles. The number of thioether (sulfide) groups is 2. The number of nitrogens with zero attached hydrogens (tertiary/aromatic N) is 4. The molecular weight excluding hydrogens is 430 g/mol. The number of nitrogens with one attached hydrogen (secondary N) is 1. The van der Waals surface area contributed by atoms with Crippen molar-refractivity contribution in [2.75, 3.05) is 0 Å². The summed E-state index contributed by atoms with van der Waals surface area (Å²) in [5.41, 5.74) is 2.14. The molecule has 1 N–H and O–H groups in total. The smallest absolute Gasteiger partial charge is 0.283 e. The maximum absolute atomic E-state index is 12.6. The molecule has 2 aliphatic heterocycles. The summed E-state index contributed by atoms with van der Waals surface area (Å²) >= 11 is 2.81. The number of rotatable bonds is 5. The van der Waals surface area contributed by atoms with E-state index in [9.17, 15) is 4.79 Å². The number of hydrazone groups is 1. The van der Waals surface area contributed by atoms with Crippen molar-refractivity contribution in [1.82, 2.24) is 9.99 Å². The van der Waals surface area contributed by atoms with Gasteiger partial charge >= 0.3 is 0 Å². The summed E-state index contributed by atoms with van der Waals surface area (Å²) < 4.78 is 5.83. The van der Waals surface area contributed by atoms with Gasteiger partial charge in [0.05, 0.1) is 5.57 Å². The number of aliphatic imine (C=N–C) groups is 1. The highest BCUT2D eigenvalue weighted by Crippen LogP contribution is 2.31. The van der Waals surface area contributed by atoms with Crippen LogP contribution in [-0.2, 0) is 10.5 Å². The predicted octanol–water partition coefficient (Wildman–Crippen LogP) is 4.63. The van der Waals surface area contributed by atoms with Crippen LogP contribution in [0.4, 0.5) is 0 Å². The summed E-state index contributed by atoms with van der Waals surface area (Å²) in [4.78, 5) is 20.8. The molecule has 2 aliphatic rings. The second kappa shape index (κ2) is 8.37. The lowest BCUT2D eigenvalue weighted by molar-refractivity contribution is -0.114. The van der Waals surface area contributed by atoms with Crippen molar-refractivity contribution in [2.45, 2.75) is 10.8 Å². The van der Waals surface area contributed by atoms with Gasteiger partial charge in [-0.2, -0.15) is 15.1 Å². The zero-order chi connectivity index (χ0) is 21.2. The largest absolute Gasteiger partial charge is 0.450 e. The van der Waals surface area contributed by atoms with E-state index in [0.717, 1.165) is 16.4 Å². The number of amidine groups is 2. The number of hydrogen-bond donors (Lipinski definition) is 1. The second-order valence-electron chi connectivity index (χ2n) is 6.60. The molecule has 0 saturated heterocycles. The topological polar surface area (TPSA) is 94.9 Å². The molecule has 1 aromatic carbocycles. The second-order valence-corrected chi connectivity index (χ2v) is 8.53. The first-order valence-corrected chi connectivity index (χ1v) is 11.1. The highest BCUT2D eigenvalue weighted by Gasteiger charge is 2.36. The molecule has 0 bridgehead atoms. The number of hydrogen-bond acceptors (Lipinski definition) is 7. The number of benzene rings is 1. The minimum Gasteiger partial charge on any atom is -0.450 e. The van der Waals surface area contributed by atoms with Crippen LogP contribution >= 0.6 is 23.5 Å². The van der Waals surface area contributed by atoms with Gasteiger partial charge in [0.25, 0.3) is 5.91 Å². The number of aromatic nitrogens is 1. The van der Waals surface area contributed by atoms with Gasteiger partial charge in [-0.25, -0.2) is 0 Å². The van der Waals surface area contributed by atoms with Crippen molar-refractivity contribution in [3.05, 3.63) is 89.5 Å². The molecule has 0 spiro atoms. The highest BCUT2D eigenvalue weighted by atomic mass is 32.2. The van der Waals surface area contributed by atoms with Crippen molar-refractivity contribution >= 4 is 51.6 Å². The molecule has 152 valence electrons. The first-order chi connectivity index (χ1) is 15.2. The van der Waals surface area contributed by atoms with Crippen LogP contribution in [0.1, 0.15) is 16.9 Å². The van der Waals surface area contributed by atoms with Crippen molar-refractivity contribution in [1.29, 1.82) is 5.41 Å². The van der Waals surface area contributed by atoms with Crippen molar-refractivity contribution < 1.29 is 9.21 Å². The van der Waals surface area contributed by atoms with Gasteiger partial charge < -0.3 is 4.42 Å². The van der Waals surface area contributed by atoms with Crippen LogP contribution in [0.2, 0.25) is 0 Å². The van der Waals surface area contributed by atoms with Crippen LogP contribution in [-0.4, -0.2) is 31.9 Å². The molecule has 5 rings (SSSR count). The molecular formula is C22H15N5O2S2. The fourth-order valence-corrected chi connectivity index (χ4v) is 4.66. The zero-order valence-electron chi connectivity index (χ0n) is 16.1. The Balaban J connectivity index is 1.34. The molecule has 1 amide bonds. The van der Waals surface area contributed by atoms with Crippen molar-refractivity contribution in [2.24, 2.45) is 10.1 Å². The fourth-order valence-electron chi connectivity index (χ4n) is 2.96. The Hall–Kier alpha value is -3.43. The molecule has 3 aromatic rings. The molecule has 0 aliphatic carbocycles. The molecule has 31 heavy (non-hydrogen) atoms. The Bertz CT molecular complexity index is 1250. The average molecular weight is 446 g/mol. The van der Waals surface area contributed by atoms with Crippen LogP contribution in [0.25, 0.3) is 6.08 Å². The molecule has 7 nitrogen and oxygen atoms in total. The first-order valence-electron chi connectivity index (χ1n) is 9.34. The van der Waals surface area contributed by atoms with E-state index in [2.05, 4.69) is 27.2 Å². The van der Waals surface area contributed by atoms with Crippen LogP contribution in [0.3, 0.4) is 0 Å². The third-order valence-electron chi connectivity index (χ3n) is 4.48. The van der Waals surface area contributed by atoms with Gasteiger partial charge in [0, 0.05) is 23.7 Å². The maximum atomic E-state index is 12.6. The molecule has 0 saturated carbocycles. The first kappa shape index (κ1) is 19.5. The minimum atomic E-state index is -0.485. The maximum Gasteiger partial charge on any atom is 0.283 e. The number of amides is 1. The molecule has 0 atom stereocenters. The number of carbonyl (C=O) groups is 1. The Morgan fingerprint density at radius 2 is 2.00 bits per heavy atom. The van der Waals surface area contributed by atoms with E-state index in [0.29, 0.717) is 16.0 Å². The van der Waals surface area contributed by atoms with Crippen LogP contribution in [0, 0.1) is 5.41 Å². The quantitative estimate of drug-likeness (QED) is 0.454. The Morgan fingerprint density at radius 3 is 2.81 bits per heavy atom. The lowest BCUT2D eigenvalue weighted by atomic mass is 10.1. The highest BCUT2D eigenvalue weighted by molar-refractivity contribution is 8.27. The Morgan fingerprint density at radius 1 is 1.13 bits per heavy atom. The SMILES string of the molecule is N=C1/C(=C/c2ccc(SCc3ccccc3)o2)C(=O)N=C2SC(c3cccnc3)=NN12. The molecule has 0 unspecified atom stereocenters. The third kappa shape index (κ3) is 4.10. The van der Waals surface area contributed by atoms with Gasteiger partial charge in [-0.15, -0.1) is 0 Å². The predicted molar refractivity (Wildman–Crippen MR) is 123 cm³/mol. The number of pyridine rings is 1. The summed E-state index contributed by atoms with van der Waals surface area (Å²) in [5.74, 6) is 0.757. The zero-order valence-corrected chi connectivity index (χ0v) is 17.7. The summed E-state index contributed by atoms with van der Waals surface area (Å²) in [7, 11) is 0. The Labute approximate surface area is 186 Å². The van der Waals surface area contributed by atoms with E-state index >= 15 is 0 Å². The van der Waals surface area contributed by atoms with Gasteiger partial charge in [0.1, 0.15) is 10.8 Å². The standard InChI is InChI=1S/C22H15N5O2S2/c23-19-17(11-16-8-9-18(29-16)30-13-14-5-2-1-3-6-14)20(28)25-22-27(19)26-21(31-22)15-7-4-10-24-12-15/h1-12,23H,13H2/b17-11-,23-19?. The van der Waals surface area contributed by atoms with Crippen LogP contribution in [0.15, 0.2) is 92.2 Å². The average Bonchev–Trinajstić information content (AvgIpc) is 3.44. The third-order valence-corrected chi connectivity index (χ3v) is 6.41. The van der Waals surface area contributed by atoms with E-state index in [1.165, 1.54) is 22.3 Å². The van der Waals surface area contributed by atoms with E-state index in [4.69, 9.17) is 9.83 Å². The fraction of sp³-hybridized carbons (Fsp3) is 0.0455. The molecule has 9 heteroatoms. The summed E-state index contributed by atoms with van der Waals surface area (Å²) in [5, 5.41) is 16.0. The van der Waals surface area contributed by atoms with E-state index in [-0.39, 0.29) is 11.4 Å². The molecule has 0 radical (unpaired) electrons. The van der Waals surface area contributed by atoms with Gasteiger partial charge in [-0.3, -0.25) is 15.2 Å². The van der Waals surface area contributed by atoms with Crippen molar-refractivity contribution in [3.8, 4) is 0 Å².